The van der Waals surface area contributed by atoms with Crippen molar-refractivity contribution in [2.24, 2.45) is 5.92 Å². The lowest BCUT2D eigenvalue weighted by atomic mass is 9.84. The second kappa shape index (κ2) is 10.2. The highest BCUT2D eigenvalue weighted by Gasteiger charge is 2.29. The zero-order valence-corrected chi connectivity index (χ0v) is 15.6. The summed E-state index contributed by atoms with van der Waals surface area (Å²) in [5, 5.41) is 14.0. The molecule has 142 valence electrons. The van der Waals surface area contributed by atoms with E-state index < -0.39 is 29.2 Å². The third-order valence-corrected chi connectivity index (χ3v) is 4.93. The van der Waals surface area contributed by atoms with Crippen LogP contribution in [0.2, 0.25) is 0 Å². The molecule has 2 amide bonds. The topological polar surface area (TPSA) is 95.5 Å². The highest BCUT2D eigenvalue weighted by atomic mass is 32.1. The summed E-state index contributed by atoms with van der Waals surface area (Å²) in [6, 6.07) is 7.32. The molecular formula is C19H26N2O4S. The third-order valence-electron chi connectivity index (χ3n) is 4.81. The average Bonchev–Trinajstić information content (AvgIpc) is 2.62. The van der Waals surface area contributed by atoms with Gasteiger partial charge in [0, 0.05) is 6.42 Å². The Morgan fingerprint density at radius 1 is 1.04 bits per heavy atom. The zero-order valence-electron chi connectivity index (χ0n) is 14.7. The quantitative estimate of drug-likeness (QED) is 0.523. The molecule has 1 saturated carbocycles. The molecule has 0 radical (unpaired) electrons. The predicted molar refractivity (Wildman–Crippen MR) is 102 cm³/mol. The van der Waals surface area contributed by atoms with Gasteiger partial charge in [0.1, 0.15) is 12.1 Å². The zero-order chi connectivity index (χ0) is 18.9. The van der Waals surface area contributed by atoms with E-state index >= 15 is 0 Å². The van der Waals surface area contributed by atoms with Crippen LogP contribution in [0.15, 0.2) is 30.3 Å². The molecule has 3 N–H and O–H groups in total. The number of rotatable bonds is 8. The number of hydrogen-bond acceptors (Lipinski definition) is 3. The van der Waals surface area contributed by atoms with E-state index in [1.165, 1.54) is 6.42 Å². The highest BCUT2D eigenvalue weighted by Crippen LogP contribution is 2.27. The SMILES string of the molecule is O=C(S)N[C@@H](CC1CCCCC1)C(=O)N[C@@H](Cc1ccccc1)C(=O)O. The van der Waals surface area contributed by atoms with Crippen LogP contribution in [0.25, 0.3) is 0 Å². The van der Waals surface area contributed by atoms with E-state index in [0.29, 0.717) is 12.3 Å². The Morgan fingerprint density at radius 2 is 1.69 bits per heavy atom. The minimum Gasteiger partial charge on any atom is -0.480 e. The van der Waals surface area contributed by atoms with Crippen LogP contribution in [0.1, 0.15) is 44.1 Å². The molecule has 1 aromatic carbocycles. The van der Waals surface area contributed by atoms with Crippen LogP contribution < -0.4 is 10.6 Å². The number of aliphatic carboxylic acids is 1. The van der Waals surface area contributed by atoms with Gasteiger partial charge in [-0.25, -0.2) is 4.79 Å². The molecule has 0 heterocycles. The summed E-state index contributed by atoms with van der Waals surface area (Å²) in [6.45, 7) is 0. The van der Waals surface area contributed by atoms with Gasteiger partial charge in [0.05, 0.1) is 0 Å². The monoisotopic (exact) mass is 378 g/mol. The van der Waals surface area contributed by atoms with Crippen LogP contribution in [0.5, 0.6) is 0 Å². The number of thiol groups is 1. The smallest absolute Gasteiger partial charge is 0.326 e. The highest BCUT2D eigenvalue weighted by molar-refractivity contribution is 7.96. The molecule has 0 aromatic heterocycles. The molecule has 2 rings (SSSR count). The first-order valence-electron chi connectivity index (χ1n) is 9.02. The summed E-state index contributed by atoms with van der Waals surface area (Å²) in [5.41, 5.74) is 0.822. The van der Waals surface area contributed by atoms with Gasteiger partial charge in [-0.15, -0.1) is 0 Å². The van der Waals surface area contributed by atoms with Gasteiger partial charge in [0.25, 0.3) is 5.24 Å². The molecule has 0 saturated heterocycles. The number of carboxylic acids is 1. The standard InChI is InChI=1S/C19H26N2O4S/c22-17(15(21-19(25)26)11-13-7-3-1-4-8-13)20-16(18(23)24)12-14-9-5-2-6-10-14/h2,5-6,9-10,13,15-16H,1,3-4,7-8,11-12H2,(H,20,22)(H,23,24)(H2,21,25,26)/t15-,16-/m0/s1. The number of amides is 2. The lowest BCUT2D eigenvalue weighted by Crippen LogP contribution is -2.52. The van der Waals surface area contributed by atoms with Crippen molar-refractivity contribution in [3.05, 3.63) is 35.9 Å². The number of carboxylic acid groups (broad SMARTS) is 1. The van der Waals surface area contributed by atoms with Crippen LogP contribution in [-0.4, -0.2) is 34.3 Å². The van der Waals surface area contributed by atoms with Crippen molar-refractivity contribution in [1.82, 2.24) is 10.6 Å². The van der Waals surface area contributed by atoms with Gasteiger partial charge >= 0.3 is 5.97 Å². The van der Waals surface area contributed by atoms with E-state index in [0.717, 1.165) is 31.2 Å². The van der Waals surface area contributed by atoms with E-state index in [-0.39, 0.29) is 6.42 Å². The molecule has 26 heavy (non-hydrogen) atoms. The summed E-state index contributed by atoms with van der Waals surface area (Å²) in [4.78, 5) is 35.6. The largest absolute Gasteiger partial charge is 0.480 e. The van der Waals surface area contributed by atoms with Crippen molar-refractivity contribution in [3.63, 3.8) is 0 Å². The Labute approximate surface area is 159 Å². The van der Waals surface area contributed by atoms with Crippen molar-refractivity contribution >= 4 is 29.7 Å². The molecule has 7 heteroatoms. The molecule has 0 aliphatic heterocycles. The molecule has 0 bridgehead atoms. The van der Waals surface area contributed by atoms with Gasteiger partial charge in [0.15, 0.2) is 0 Å². The Hall–Kier alpha value is -2.02. The molecule has 0 unspecified atom stereocenters. The summed E-state index contributed by atoms with van der Waals surface area (Å²) < 4.78 is 0. The minimum atomic E-state index is -1.10. The molecule has 1 aromatic rings. The summed E-state index contributed by atoms with van der Waals surface area (Å²) in [6.07, 6.45) is 6.20. The molecule has 1 fully saturated rings. The molecule has 1 aliphatic carbocycles. The van der Waals surface area contributed by atoms with E-state index in [2.05, 4.69) is 23.3 Å². The first-order chi connectivity index (χ1) is 12.5. The van der Waals surface area contributed by atoms with Crippen molar-refractivity contribution in [2.75, 3.05) is 0 Å². The predicted octanol–water partition coefficient (Wildman–Crippen LogP) is 2.78. The van der Waals surface area contributed by atoms with E-state index in [1.54, 1.807) is 0 Å². The number of carbonyl (C=O) groups is 3. The molecule has 1 aliphatic rings. The van der Waals surface area contributed by atoms with Gasteiger partial charge in [0.2, 0.25) is 5.91 Å². The van der Waals surface area contributed by atoms with Crippen molar-refractivity contribution in [1.29, 1.82) is 0 Å². The fourth-order valence-electron chi connectivity index (χ4n) is 3.46. The van der Waals surface area contributed by atoms with Crippen LogP contribution in [0, 0.1) is 5.92 Å². The Balaban J connectivity index is 2.01. The van der Waals surface area contributed by atoms with Gasteiger partial charge in [-0.2, -0.15) is 0 Å². The summed E-state index contributed by atoms with van der Waals surface area (Å²) >= 11 is 3.71. The first kappa shape index (κ1) is 20.3. The number of benzene rings is 1. The average molecular weight is 378 g/mol. The van der Waals surface area contributed by atoms with E-state index in [4.69, 9.17) is 0 Å². The maximum Gasteiger partial charge on any atom is 0.326 e. The number of nitrogens with one attached hydrogen (secondary N) is 2. The fraction of sp³-hybridized carbons (Fsp3) is 0.526. The lowest BCUT2D eigenvalue weighted by molar-refractivity contribution is -0.142. The maximum absolute atomic E-state index is 12.6. The Bertz CT molecular complexity index is 617. The maximum atomic E-state index is 12.6. The van der Waals surface area contributed by atoms with Gasteiger partial charge in [-0.3, -0.25) is 9.59 Å². The number of carbonyl (C=O) groups excluding carboxylic acids is 2. The fourth-order valence-corrected chi connectivity index (χ4v) is 3.61. The van der Waals surface area contributed by atoms with Crippen molar-refractivity contribution < 1.29 is 19.5 Å². The van der Waals surface area contributed by atoms with Crippen LogP contribution in [0.4, 0.5) is 4.79 Å². The van der Waals surface area contributed by atoms with Gasteiger partial charge in [-0.05, 0) is 17.9 Å². The Morgan fingerprint density at radius 3 is 2.27 bits per heavy atom. The van der Waals surface area contributed by atoms with E-state index in [9.17, 15) is 19.5 Å². The molecular weight excluding hydrogens is 352 g/mol. The van der Waals surface area contributed by atoms with Crippen molar-refractivity contribution in [3.8, 4) is 0 Å². The molecule has 2 atom stereocenters. The molecule has 0 spiro atoms. The van der Waals surface area contributed by atoms with E-state index in [1.807, 2.05) is 30.3 Å². The normalized spacial score (nSPS) is 17.1. The minimum absolute atomic E-state index is 0.187. The number of hydrogen-bond donors (Lipinski definition) is 4. The van der Waals surface area contributed by atoms with Gasteiger partial charge < -0.3 is 15.7 Å². The summed E-state index contributed by atoms with van der Waals surface area (Å²) in [7, 11) is 0. The van der Waals surface area contributed by atoms with Crippen LogP contribution in [0.3, 0.4) is 0 Å². The van der Waals surface area contributed by atoms with Gasteiger partial charge in [-0.1, -0.05) is 75.1 Å². The second-order valence-electron chi connectivity index (χ2n) is 6.83. The van der Waals surface area contributed by atoms with Crippen LogP contribution in [-0.2, 0) is 16.0 Å². The third kappa shape index (κ3) is 6.71. The molecule has 6 nitrogen and oxygen atoms in total. The van der Waals surface area contributed by atoms with Crippen molar-refractivity contribution in [2.45, 2.75) is 57.0 Å². The first-order valence-corrected chi connectivity index (χ1v) is 9.47. The van der Waals surface area contributed by atoms with Crippen LogP contribution >= 0.6 is 12.6 Å². The Kier molecular flexibility index (Phi) is 7.97. The second-order valence-corrected chi connectivity index (χ2v) is 7.24. The summed E-state index contributed by atoms with van der Waals surface area (Å²) in [5.74, 6) is -1.21. The lowest BCUT2D eigenvalue weighted by Gasteiger charge is -2.27.